The number of benzene rings is 1. The summed E-state index contributed by atoms with van der Waals surface area (Å²) in [5.74, 6) is -1.49. The molecule has 4 aliphatic rings. The zero-order valence-corrected chi connectivity index (χ0v) is 20.3. The lowest BCUT2D eigenvalue weighted by Crippen LogP contribution is -2.53. The highest BCUT2D eigenvalue weighted by molar-refractivity contribution is 5.99. The third kappa shape index (κ3) is 4.73. The smallest absolute Gasteiger partial charge is 0.266 e. The number of carbonyl (C=O) groups excluding carboxylic acids is 1. The van der Waals surface area contributed by atoms with Crippen molar-refractivity contribution in [3.05, 3.63) is 63.3 Å². The number of carbonyl (C=O) groups is 1. The summed E-state index contributed by atoms with van der Waals surface area (Å²) in [7, 11) is 0. The molecule has 200 valence electrons. The number of halogens is 5. The molecule has 0 radical (unpaired) electrons. The fraction of sp³-hybridized carbons (Fsp3) is 0.538. The molecule has 37 heavy (non-hydrogen) atoms. The van der Waals surface area contributed by atoms with Gasteiger partial charge >= 0.3 is 0 Å². The van der Waals surface area contributed by atoms with Crippen molar-refractivity contribution in [1.82, 2.24) is 14.8 Å². The Morgan fingerprint density at radius 3 is 2.35 bits per heavy atom. The lowest BCUT2D eigenvalue weighted by atomic mass is 9.84. The van der Waals surface area contributed by atoms with Crippen LogP contribution in [0.5, 0.6) is 0 Å². The van der Waals surface area contributed by atoms with Crippen LogP contribution in [0.3, 0.4) is 0 Å². The van der Waals surface area contributed by atoms with Gasteiger partial charge in [0, 0.05) is 30.4 Å². The summed E-state index contributed by atoms with van der Waals surface area (Å²) in [4.78, 5) is 28.6. The predicted octanol–water partition coefficient (Wildman–Crippen LogP) is 4.68. The predicted molar refractivity (Wildman–Crippen MR) is 128 cm³/mol. The van der Waals surface area contributed by atoms with Crippen LogP contribution in [0.1, 0.15) is 66.6 Å². The number of pyridine rings is 1. The number of nitrogens with zero attached hydrogens (tertiary/aromatic N) is 2. The minimum Gasteiger partial charge on any atom is -0.380 e. The van der Waals surface area contributed by atoms with Crippen molar-refractivity contribution >= 4 is 11.6 Å². The van der Waals surface area contributed by atoms with Crippen molar-refractivity contribution in [2.75, 3.05) is 25.0 Å². The van der Waals surface area contributed by atoms with Crippen LogP contribution in [0.15, 0.2) is 35.3 Å². The molecule has 1 unspecified atom stereocenters. The SMILES string of the molecule is C[C@@H](NC(=O)c1cn(C2(C(F)F)CC2)c(=O)cc1NC1CN2CCC1CC2)c1cccc(C(F)F)c1F. The van der Waals surface area contributed by atoms with Gasteiger partial charge in [-0.05, 0) is 51.6 Å². The third-order valence-electron chi connectivity index (χ3n) is 8.05. The Kier molecular flexibility index (Phi) is 6.76. The van der Waals surface area contributed by atoms with Crippen LogP contribution in [0.4, 0.5) is 27.6 Å². The number of fused-ring (bicyclic) bond motifs is 3. The molecule has 6 rings (SSSR count). The van der Waals surface area contributed by atoms with Gasteiger partial charge in [-0.3, -0.25) is 9.59 Å². The Hall–Kier alpha value is -2.95. The van der Waals surface area contributed by atoms with E-state index in [0.717, 1.165) is 49.3 Å². The number of anilines is 1. The molecule has 2 aromatic rings. The second kappa shape index (κ2) is 9.74. The Bertz CT molecular complexity index is 1240. The van der Waals surface area contributed by atoms with Crippen LogP contribution in [0, 0.1) is 11.7 Å². The second-order valence-electron chi connectivity index (χ2n) is 10.3. The molecule has 2 atom stereocenters. The molecule has 4 fully saturated rings. The van der Waals surface area contributed by atoms with Gasteiger partial charge in [0.25, 0.3) is 24.3 Å². The van der Waals surface area contributed by atoms with Gasteiger partial charge in [0.15, 0.2) is 0 Å². The first-order chi connectivity index (χ1) is 17.6. The summed E-state index contributed by atoms with van der Waals surface area (Å²) in [6.07, 6.45) is -2.48. The molecule has 1 amide bonds. The van der Waals surface area contributed by atoms with Crippen LogP contribution in [-0.4, -0.2) is 47.5 Å². The summed E-state index contributed by atoms with van der Waals surface area (Å²) in [5, 5.41) is 5.90. The Balaban J connectivity index is 1.48. The fourth-order valence-electron chi connectivity index (χ4n) is 5.63. The first-order valence-corrected chi connectivity index (χ1v) is 12.5. The van der Waals surface area contributed by atoms with Crippen LogP contribution < -0.4 is 16.2 Å². The number of nitrogens with one attached hydrogen (secondary N) is 2. The second-order valence-corrected chi connectivity index (χ2v) is 10.3. The summed E-state index contributed by atoms with van der Waals surface area (Å²) in [6, 6.07) is 3.71. The van der Waals surface area contributed by atoms with Crippen molar-refractivity contribution in [3.8, 4) is 0 Å². The quantitative estimate of drug-likeness (QED) is 0.493. The molecule has 2 N–H and O–H groups in total. The topological polar surface area (TPSA) is 66.4 Å². The van der Waals surface area contributed by atoms with Crippen LogP contribution >= 0.6 is 0 Å². The lowest BCUT2D eigenvalue weighted by molar-refractivity contribution is 0.0648. The van der Waals surface area contributed by atoms with E-state index in [0.29, 0.717) is 5.92 Å². The molecular formula is C26H29F5N4O2. The van der Waals surface area contributed by atoms with E-state index >= 15 is 0 Å². The van der Waals surface area contributed by atoms with E-state index in [1.54, 1.807) is 0 Å². The maximum absolute atomic E-state index is 14.7. The van der Waals surface area contributed by atoms with Gasteiger partial charge in [0.2, 0.25) is 0 Å². The summed E-state index contributed by atoms with van der Waals surface area (Å²) in [6.45, 7) is 4.15. The van der Waals surface area contributed by atoms with Gasteiger partial charge < -0.3 is 20.1 Å². The van der Waals surface area contributed by atoms with Crippen LogP contribution in [0.2, 0.25) is 0 Å². The van der Waals surface area contributed by atoms with Gasteiger partial charge in [-0.25, -0.2) is 22.0 Å². The van der Waals surface area contributed by atoms with E-state index in [9.17, 15) is 31.5 Å². The average molecular weight is 525 g/mol. The summed E-state index contributed by atoms with van der Waals surface area (Å²) < 4.78 is 69.6. The lowest BCUT2D eigenvalue weighted by Gasteiger charge is -2.45. The average Bonchev–Trinajstić information content (AvgIpc) is 3.67. The highest BCUT2D eigenvalue weighted by atomic mass is 19.3. The van der Waals surface area contributed by atoms with E-state index in [1.807, 2.05) is 0 Å². The zero-order chi connectivity index (χ0) is 26.5. The first-order valence-electron chi connectivity index (χ1n) is 12.5. The zero-order valence-electron chi connectivity index (χ0n) is 20.3. The van der Waals surface area contributed by atoms with Gasteiger partial charge in [-0.15, -0.1) is 0 Å². The molecule has 4 heterocycles. The molecule has 2 bridgehead atoms. The fourth-order valence-corrected chi connectivity index (χ4v) is 5.63. The largest absolute Gasteiger partial charge is 0.380 e. The third-order valence-corrected chi connectivity index (χ3v) is 8.05. The summed E-state index contributed by atoms with van der Waals surface area (Å²) in [5.41, 5.74) is -3.00. The first kappa shape index (κ1) is 25.7. The minimum atomic E-state index is -3.02. The maximum atomic E-state index is 14.7. The van der Waals surface area contributed by atoms with Crippen molar-refractivity contribution in [3.63, 3.8) is 0 Å². The van der Waals surface area contributed by atoms with Crippen molar-refractivity contribution < 1.29 is 26.7 Å². The molecule has 1 aromatic heterocycles. The number of alkyl halides is 4. The Labute approximate surface area is 210 Å². The molecular weight excluding hydrogens is 495 g/mol. The van der Waals surface area contributed by atoms with Gasteiger partial charge in [-0.1, -0.05) is 18.2 Å². The molecule has 1 aromatic carbocycles. The van der Waals surface area contributed by atoms with Crippen molar-refractivity contribution in [2.24, 2.45) is 5.92 Å². The standard InChI is InChI=1S/C26H29F5N4O2/c1-14(16-3-2-4-17(22(16)27)23(28)29)32-24(37)18-12-35(26(7-8-26)25(30)31)21(36)11-19(18)33-20-13-34-9-5-15(20)6-10-34/h2-4,11-12,14-15,20,23,25,33H,5-10,13H2,1H3,(H,32,37)/t14-,20?/m1/s1. The van der Waals surface area contributed by atoms with E-state index in [-0.39, 0.29) is 35.7 Å². The maximum Gasteiger partial charge on any atom is 0.266 e. The minimum absolute atomic E-state index is 0.0214. The molecule has 1 saturated carbocycles. The van der Waals surface area contributed by atoms with Crippen molar-refractivity contribution in [1.29, 1.82) is 0 Å². The van der Waals surface area contributed by atoms with Gasteiger partial charge in [0.05, 0.1) is 22.9 Å². The highest BCUT2D eigenvalue weighted by Gasteiger charge is 2.53. The van der Waals surface area contributed by atoms with Crippen LogP contribution in [0.25, 0.3) is 0 Å². The molecule has 11 heteroatoms. The number of amides is 1. The van der Waals surface area contributed by atoms with E-state index in [1.165, 1.54) is 25.1 Å². The number of hydrogen-bond donors (Lipinski definition) is 2. The monoisotopic (exact) mass is 524 g/mol. The van der Waals surface area contributed by atoms with E-state index < -0.39 is 47.3 Å². The molecule has 6 nitrogen and oxygen atoms in total. The van der Waals surface area contributed by atoms with Crippen molar-refractivity contribution in [2.45, 2.75) is 63.1 Å². The molecule has 3 aliphatic heterocycles. The molecule has 1 aliphatic carbocycles. The van der Waals surface area contributed by atoms with E-state index in [2.05, 4.69) is 15.5 Å². The molecule has 0 spiro atoms. The summed E-state index contributed by atoms with van der Waals surface area (Å²) >= 11 is 0. The molecule has 3 saturated heterocycles. The number of rotatable bonds is 8. The Morgan fingerprint density at radius 2 is 1.78 bits per heavy atom. The number of hydrogen-bond acceptors (Lipinski definition) is 4. The van der Waals surface area contributed by atoms with Gasteiger partial charge in [0.1, 0.15) is 11.4 Å². The van der Waals surface area contributed by atoms with E-state index in [4.69, 9.17) is 0 Å². The van der Waals surface area contributed by atoms with Crippen LogP contribution in [-0.2, 0) is 5.54 Å². The number of aromatic nitrogens is 1. The normalized spacial score (nSPS) is 24.8. The number of piperidine rings is 3. The highest BCUT2D eigenvalue weighted by Crippen LogP contribution is 2.48. The van der Waals surface area contributed by atoms with Gasteiger partial charge in [-0.2, -0.15) is 0 Å². The Morgan fingerprint density at radius 1 is 1.11 bits per heavy atom.